The Morgan fingerprint density at radius 2 is 1.26 bits per heavy atom. The number of rotatable bonds is 0. The molecule has 0 aliphatic heterocycles. The Labute approximate surface area is 130 Å². The minimum absolute atomic E-state index is 0.0300. The van der Waals surface area contributed by atoms with E-state index in [4.69, 9.17) is 9.97 Å². The fourth-order valence-corrected chi connectivity index (χ4v) is 2.98. The molecule has 0 spiro atoms. The Hall–Kier alpha value is -3.34. The van der Waals surface area contributed by atoms with Crippen LogP contribution in [0.3, 0.4) is 0 Å². The lowest BCUT2D eigenvalue weighted by Gasteiger charge is -2.08. The minimum Gasteiger partial charge on any atom is -0.493 e. The van der Waals surface area contributed by atoms with Crippen molar-refractivity contribution < 1.29 is 5.11 Å². The molecule has 1 N–H and O–H groups in total. The number of fused-ring (bicyclic) bond motifs is 7. The standard InChI is InChI=1S/C18H10N4O/c23-14-8-7-11-16(22-14)15-10(4-3-9-19-15)17-18(11)21-13-6-2-1-5-12(13)20-17/h1-9H,(H,22,23). The van der Waals surface area contributed by atoms with Crippen molar-refractivity contribution in [1.29, 1.82) is 0 Å². The molecular weight excluding hydrogens is 288 g/mol. The fraction of sp³-hybridized carbons (Fsp3) is 0. The zero-order valence-electron chi connectivity index (χ0n) is 11.9. The van der Waals surface area contributed by atoms with Crippen LogP contribution < -0.4 is 0 Å². The molecule has 0 fully saturated rings. The van der Waals surface area contributed by atoms with Crippen molar-refractivity contribution in [2.45, 2.75) is 0 Å². The molecule has 0 aliphatic rings. The Balaban J connectivity index is 2.15. The second-order valence-corrected chi connectivity index (χ2v) is 5.37. The van der Waals surface area contributed by atoms with E-state index >= 15 is 0 Å². The first-order valence-corrected chi connectivity index (χ1v) is 7.24. The summed E-state index contributed by atoms with van der Waals surface area (Å²) in [6, 6.07) is 15.0. The molecule has 5 nitrogen and oxygen atoms in total. The van der Waals surface area contributed by atoms with Gasteiger partial charge in [0, 0.05) is 23.0 Å². The van der Waals surface area contributed by atoms with Crippen LogP contribution in [-0.4, -0.2) is 25.0 Å². The van der Waals surface area contributed by atoms with Crippen LogP contribution in [0.1, 0.15) is 0 Å². The summed E-state index contributed by atoms with van der Waals surface area (Å²) in [5.74, 6) is -0.0300. The third kappa shape index (κ3) is 1.67. The number of pyridine rings is 2. The number of benzene rings is 2. The molecule has 0 unspecified atom stereocenters. The maximum absolute atomic E-state index is 9.76. The van der Waals surface area contributed by atoms with Crippen molar-refractivity contribution in [3.8, 4) is 5.88 Å². The SMILES string of the molecule is Oc1ccc2c(n1)c1ncccc1c1nc3ccccc3nc21. The van der Waals surface area contributed by atoms with Crippen molar-refractivity contribution in [2.75, 3.05) is 0 Å². The van der Waals surface area contributed by atoms with Crippen LogP contribution in [0.5, 0.6) is 5.88 Å². The Bertz CT molecular complexity index is 1230. The normalized spacial score (nSPS) is 11.7. The Kier molecular flexibility index (Phi) is 2.30. The molecule has 5 aromatic rings. The van der Waals surface area contributed by atoms with Crippen molar-refractivity contribution >= 4 is 43.9 Å². The summed E-state index contributed by atoms with van der Waals surface area (Å²) < 4.78 is 0. The van der Waals surface area contributed by atoms with Gasteiger partial charge >= 0.3 is 0 Å². The highest BCUT2D eigenvalue weighted by Crippen LogP contribution is 2.32. The van der Waals surface area contributed by atoms with Gasteiger partial charge in [0.15, 0.2) is 0 Å². The first-order chi connectivity index (χ1) is 11.3. The summed E-state index contributed by atoms with van der Waals surface area (Å²) >= 11 is 0. The average molecular weight is 298 g/mol. The second-order valence-electron chi connectivity index (χ2n) is 5.37. The minimum atomic E-state index is -0.0300. The van der Waals surface area contributed by atoms with Gasteiger partial charge < -0.3 is 5.11 Å². The predicted molar refractivity (Wildman–Crippen MR) is 89.3 cm³/mol. The van der Waals surface area contributed by atoms with Crippen LogP contribution in [0, 0.1) is 0 Å². The highest BCUT2D eigenvalue weighted by atomic mass is 16.3. The van der Waals surface area contributed by atoms with Gasteiger partial charge in [0.1, 0.15) is 5.52 Å². The van der Waals surface area contributed by atoms with Gasteiger partial charge in [0.2, 0.25) is 5.88 Å². The van der Waals surface area contributed by atoms with E-state index in [1.807, 2.05) is 42.5 Å². The van der Waals surface area contributed by atoms with E-state index < -0.39 is 0 Å². The smallest absolute Gasteiger partial charge is 0.211 e. The van der Waals surface area contributed by atoms with Crippen molar-refractivity contribution in [3.05, 3.63) is 54.7 Å². The maximum Gasteiger partial charge on any atom is 0.211 e. The van der Waals surface area contributed by atoms with Crippen molar-refractivity contribution in [2.24, 2.45) is 0 Å². The molecule has 3 aromatic heterocycles. The molecule has 0 bridgehead atoms. The zero-order chi connectivity index (χ0) is 15.4. The van der Waals surface area contributed by atoms with Gasteiger partial charge in [-0.2, -0.15) is 0 Å². The molecule has 108 valence electrons. The quantitative estimate of drug-likeness (QED) is 0.349. The van der Waals surface area contributed by atoms with Crippen LogP contribution in [0.15, 0.2) is 54.7 Å². The summed E-state index contributed by atoms with van der Waals surface area (Å²) in [6.45, 7) is 0. The Morgan fingerprint density at radius 1 is 0.609 bits per heavy atom. The second kappa shape index (κ2) is 4.33. The first-order valence-electron chi connectivity index (χ1n) is 7.24. The van der Waals surface area contributed by atoms with E-state index in [1.54, 1.807) is 12.3 Å². The molecule has 23 heavy (non-hydrogen) atoms. The van der Waals surface area contributed by atoms with Crippen molar-refractivity contribution in [3.63, 3.8) is 0 Å². The molecule has 5 heteroatoms. The monoisotopic (exact) mass is 298 g/mol. The predicted octanol–water partition coefficient (Wildman–Crippen LogP) is 3.59. The Morgan fingerprint density at radius 3 is 2.00 bits per heavy atom. The molecule has 0 radical (unpaired) electrons. The largest absolute Gasteiger partial charge is 0.493 e. The number of para-hydroxylation sites is 2. The highest BCUT2D eigenvalue weighted by molar-refractivity contribution is 6.21. The van der Waals surface area contributed by atoms with Crippen LogP contribution >= 0.6 is 0 Å². The number of nitrogens with zero attached hydrogens (tertiary/aromatic N) is 4. The molecule has 0 saturated heterocycles. The number of hydrogen-bond donors (Lipinski definition) is 1. The lowest BCUT2D eigenvalue weighted by Crippen LogP contribution is -1.93. The van der Waals surface area contributed by atoms with E-state index in [0.717, 1.165) is 38.4 Å². The van der Waals surface area contributed by atoms with Gasteiger partial charge in [-0.05, 0) is 30.3 Å². The first kappa shape index (κ1) is 12.2. The molecule has 0 atom stereocenters. The molecule has 5 rings (SSSR count). The average Bonchev–Trinajstić information content (AvgIpc) is 2.60. The van der Waals surface area contributed by atoms with Gasteiger partial charge in [0.25, 0.3) is 0 Å². The molecule has 0 amide bonds. The molecule has 0 saturated carbocycles. The number of hydrogen-bond acceptors (Lipinski definition) is 5. The lowest BCUT2D eigenvalue weighted by atomic mass is 10.1. The molecular formula is C18H10N4O. The van der Waals surface area contributed by atoms with Gasteiger partial charge in [-0.1, -0.05) is 12.1 Å². The summed E-state index contributed by atoms with van der Waals surface area (Å²) in [5, 5.41) is 11.5. The van der Waals surface area contributed by atoms with Gasteiger partial charge in [0.05, 0.1) is 27.6 Å². The lowest BCUT2D eigenvalue weighted by molar-refractivity contribution is 0.456. The maximum atomic E-state index is 9.76. The summed E-state index contributed by atoms with van der Waals surface area (Å²) in [5.41, 5.74) is 4.60. The van der Waals surface area contributed by atoms with E-state index in [9.17, 15) is 5.11 Å². The van der Waals surface area contributed by atoms with Gasteiger partial charge in [-0.3, -0.25) is 4.98 Å². The van der Waals surface area contributed by atoms with E-state index in [0.29, 0.717) is 5.52 Å². The highest BCUT2D eigenvalue weighted by Gasteiger charge is 2.14. The molecule has 3 heterocycles. The number of aromatic hydroxyl groups is 1. The van der Waals surface area contributed by atoms with Crippen LogP contribution in [0.4, 0.5) is 0 Å². The topological polar surface area (TPSA) is 71.8 Å². The van der Waals surface area contributed by atoms with E-state index in [1.165, 1.54) is 0 Å². The van der Waals surface area contributed by atoms with Crippen LogP contribution in [0.2, 0.25) is 0 Å². The van der Waals surface area contributed by atoms with Crippen LogP contribution in [-0.2, 0) is 0 Å². The number of aromatic nitrogens is 4. The van der Waals surface area contributed by atoms with Gasteiger partial charge in [-0.15, -0.1) is 0 Å². The van der Waals surface area contributed by atoms with Crippen LogP contribution in [0.25, 0.3) is 43.9 Å². The molecule has 2 aromatic carbocycles. The fourth-order valence-electron chi connectivity index (χ4n) is 2.98. The van der Waals surface area contributed by atoms with E-state index in [-0.39, 0.29) is 5.88 Å². The summed E-state index contributed by atoms with van der Waals surface area (Å²) in [7, 11) is 0. The third-order valence-corrected chi connectivity index (χ3v) is 3.99. The van der Waals surface area contributed by atoms with Crippen molar-refractivity contribution in [1.82, 2.24) is 19.9 Å². The van der Waals surface area contributed by atoms with E-state index in [2.05, 4.69) is 9.97 Å². The molecule has 0 aliphatic carbocycles. The van der Waals surface area contributed by atoms with Gasteiger partial charge in [-0.25, -0.2) is 15.0 Å². The summed E-state index contributed by atoms with van der Waals surface area (Å²) in [4.78, 5) is 18.3. The summed E-state index contributed by atoms with van der Waals surface area (Å²) in [6.07, 6.45) is 1.72. The third-order valence-electron chi connectivity index (χ3n) is 3.99. The zero-order valence-corrected chi connectivity index (χ0v) is 11.9.